The van der Waals surface area contributed by atoms with Crippen LogP contribution in [-0.2, 0) is 7.05 Å². The first-order chi connectivity index (χ1) is 13.6. The molecule has 1 fully saturated rings. The van der Waals surface area contributed by atoms with Crippen LogP contribution in [0.2, 0.25) is 0 Å². The minimum Gasteiger partial charge on any atom is -0.507 e. The normalized spacial score (nSPS) is 14.4. The highest BCUT2D eigenvalue weighted by Gasteiger charge is 2.20. The SMILES string of the molecule is Cc1cc(-c2ccc(-c3ccc(C4CNC4)nn3)c(O)c2)cc2cn(C)nc12. The first kappa shape index (κ1) is 16.9. The first-order valence-electron chi connectivity index (χ1n) is 9.40. The van der Waals surface area contributed by atoms with Crippen molar-refractivity contribution in [3.05, 3.63) is 59.9 Å². The van der Waals surface area contributed by atoms with Gasteiger partial charge in [-0.3, -0.25) is 4.68 Å². The molecule has 2 aromatic carbocycles. The lowest BCUT2D eigenvalue weighted by atomic mass is 9.97. The molecule has 140 valence electrons. The minimum absolute atomic E-state index is 0.203. The maximum absolute atomic E-state index is 10.6. The monoisotopic (exact) mass is 371 g/mol. The molecule has 4 aromatic rings. The van der Waals surface area contributed by atoms with Crippen LogP contribution in [0.3, 0.4) is 0 Å². The minimum atomic E-state index is 0.203. The van der Waals surface area contributed by atoms with Gasteiger partial charge in [0.25, 0.3) is 0 Å². The molecule has 3 heterocycles. The van der Waals surface area contributed by atoms with Crippen molar-refractivity contribution >= 4 is 10.9 Å². The van der Waals surface area contributed by atoms with E-state index in [-0.39, 0.29) is 5.75 Å². The summed E-state index contributed by atoms with van der Waals surface area (Å²) < 4.78 is 1.82. The predicted molar refractivity (Wildman–Crippen MR) is 109 cm³/mol. The quantitative estimate of drug-likeness (QED) is 0.577. The average Bonchev–Trinajstić information content (AvgIpc) is 3.02. The molecule has 6 heteroatoms. The van der Waals surface area contributed by atoms with Gasteiger partial charge in [0.15, 0.2) is 0 Å². The van der Waals surface area contributed by atoms with E-state index in [0.29, 0.717) is 17.2 Å². The summed E-state index contributed by atoms with van der Waals surface area (Å²) in [5.74, 6) is 0.650. The van der Waals surface area contributed by atoms with Gasteiger partial charge in [-0.25, -0.2) is 0 Å². The van der Waals surface area contributed by atoms with Crippen molar-refractivity contribution in [3.63, 3.8) is 0 Å². The lowest BCUT2D eigenvalue weighted by Gasteiger charge is -2.25. The molecule has 0 amide bonds. The van der Waals surface area contributed by atoms with Gasteiger partial charge in [-0.05, 0) is 60.0 Å². The third-order valence-electron chi connectivity index (χ3n) is 5.41. The topological polar surface area (TPSA) is 75.9 Å². The number of hydrogen-bond acceptors (Lipinski definition) is 5. The van der Waals surface area contributed by atoms with Crippen LogP contribution in [0, 0.1) is 6.92 Å². The summed E-state index contributed by atoms with van der Waals surface area (Å²) in [5.41, 5.74) is 6.50. The summed E-state index contributed by atoms with van der Waals surface area (Å²) >= 11 is 0. The molecule has 0 radical (unpaired) electrons. The molecule has 2 aromatic heterocycles. The largest absolute Gasteiger partial charge is 0.507 e. The fraction of sp³-hybridized carbons (Fsp3) is 0.227. The highest BCUT2D eigenvalue weighted by atomic mass is 16.3. The molecule has 0 bridgehead atoms. The zero-order valence-corrected chi connectivity index (χ0v) is 15.8. The standard InChI is InChI=1S/C22H21N5O/c1-13-7-15(8-16-12-27(2)26-22(13)16)14-3-4-18(21(28)9-14)20-6-5-19(24-25-20)17-10-23-11-17/h3-9,12,17,23,28H,10-11H2,1-2H3. The van der Waals surface area contributed by atoms with Crippen molar-refractivity contribution < 1.29 is 5.11 Å². The van der Waals surface area contributed by atoms with Gasteiger partial charge in [-0.15, -0.1) is 0 Å². The van der Waals surface area contributed by atoms with E-state index in [1.54, 1.807) is 6.07 Å². The van der Waals surface area contributed by atoms with E-state index in [1.807, 2.05) is 42.2 Å². The smallest absolute Gasteiger partial charge is 0.125 e. The second kappa shape index (κ2) is 6.42. The molecule has 0 spiro atoms. The second-order valence-electron chi connectivity index (χ2n) is 7.46. The fourth-order valence-corrected chi connectivity index (χ4v) is 3.73. The Bertz CT molecular complexity index is 1180. The molecule has 0 unspecified atom stereocenters. The third kappa shape index (κ3) is 2.82. The Balaban J connectivity index is 1.49. The zero-order valence-electron chi connectivity index (χ0n) is 15.8. The van der Waals surface area contributed by atoms with E-state index in [1.165, 1.54) is 0 Å². The number of aromatic hydroxyl groups is 1. The lowest BCUT2D eigenvalue weighted by molar-refractivity contribution is 0.436. The van der Waals surface area contributed by atoms with E-state index in [4.69, 9.17) is 0 Å². The summed E-state index contributed by atoms with van der Waals surface area (Å²) in [6.07, 6.45) is 2.01. The van der Waals surface area contributed by atoms with Crippen LogP contribution in [0.1, 0.15) is 17.2 Å². The highest BCUT2D eigenvalue weighted by molar-refractivity contribution is 5.87. The van der Waals surface area contributed by atoms with Crippen molar-refractivity contribution in [2.24, 2.45) is 7.05 Å². The number of fused-ring (bicyclic) bond motifs is 1. The summed E-state index contributed by atoms with van der Waals surface area (Å²) in [6, 6.07) is 13.8. The summed E-state index contributed by atoms with van der Waals surface area (Å²) in [4.78, 5) is 0. The summed E-state index contributed by atoms with van der Waals surface area (Å²) in [5, 5.41) is 28.1. The van der Waals surface area contributed by atoms with Crippen LogP contribution in [-0.4, -0.2) is 38.2 Å². The fourth-order valence-electron chi connectivity index (χ4n) is 3.73. The molecule has 1 aliphatic rings. The Labute approximate surface area is 162 Å². The van der Waals surface area contributed by atoms with Crippen LogP contribution in [0.25, 0.3) is 33.3 Å². The second-order valence-corrected chi connectivity index (χ2v) is 7.46. The molecule has 28 heavy (non-hydrogen) atoms. The van der Waals surface area contributed by atoms with Crippen LogP contribution < -0.4 is 5.32 Å². The van der Waals surface area contributed by atoms with Gasteiger partial charge in [-0.1, -0.05) is 6.07 Å². The van der Waals surface area contributed by atoms with E-state index < -0.39 is 0 Å². The number of hydrogen-bond donors (Lipinski definition) is 2. The molecule has 0 atom stereocenters. The first-order valence-corrected chi connectivity index (χ1v) is 9.40. The van der Waals surface area contributed by atoms with Gasteiger partial charge < -0.3 is 10.4 Å². The van der Waals surface area contributed by atoms with E-state index >= 15 is 0 Å². The van der Waals surface area contributed by atoms with E-state index in [2.05, 4.69) is 39.7 Å². The van der Waals surface area contributed by atoms with Crippen molar-refractivity contribution in [1.29, 1.82) is 0 Å². The summed E-state index contributed by atoms with van der Waals surface area (Å²) in [7, 11) is 1.92. The van der Waals surface area contributed by atoms with Gasteiger partial charge in [0.05, 0.1) is 16.9 Å². The number of rotatable bonds is 3. The lowest BCUT2D eigenvalue weighted by Crippen LogP contribution is -2.40. The van der Waals surface area contributed by atoms with Gasteiger partial charge in [0.1, 0.15) is 5.75 Å². The maximum atomic E-state index is 10.6. The zero-order chi connectivity index (χ0) is 19.3. The molecular weight excluding hydrogens is 350 g/mol. The van der Waals surface area contributed by atoms with Gasteiger partial charge in [0, 0.05) is 43.2 Å². The Morgan fingerprint density at radius 1 is 1.04 bits per heavy atom. The number of phenols is 1. The maximum Gasteiger partial charge on any atom is 0.125 e. The third-order valence-corrected chi connectivity index (χ3v) is 5.41. The molecule has 2 N–H and O–H groups in total. The highest BCUT2D eigenvalue weighted by Crippen LogP contribution is 2.34. The molecule has 1 saturated heterocycles. The predicted octanol–water partition coefficient (Wildman–Crippen LogP) is 3.40. The van der Waals surface area contributed by atoms with Gasteiger partial charge in [0.2, 0.25) is 0 Å². The number of aryl methyl sites for hydroxylation is 2. The molecule has 1 aliphatic heterocycles. The number of benzene rings is 2. The van der Waals surface area contributed by atoms with Crippen LogP contribution >= 0.6 is 0 Å². The number of phenolic OH excluding ortho intramolecular Hbond substituents is 1. The number of nitrogens with one attached hydrogen (secondary N) is 1. The van der Waals surface area contributed by atoms with Crippen molar-refractivity contribution in [2.75, 3.05) is 13.1 Å². The Morgan fingerprint density at radius 3 is 2.57 bits per heavy atom. The van der Waals surface area contributed by atoms with Crippen molar-refractivity contribution in [3.8, 4) is 28.1 Å². The number of nitrogens with zero attached hydrogens (tertiary/aromatic N) is 4. The van der Waals surface area contributed by atoms with Crippen LogP contribution in [0.15, 0.2) is 48.7 Å². The van der Waals surface area contributed by atoms with E-state index in [0.717, 1.165) is 46.4 Å². The van der Waals surface area contributed by atoms with Gasteiger partial charge in [-0.2, -0.15) is 15.3 Å². The average molecular weight is 371 g/mol. The van der Waals surface area contributed by atoms with Crippen LogP contribution in [0.5, 0.6) is 5.75 Å². The van der Waals surface area contributed by atoms with Gasteiger partial charge >= 0.3 is 0 Å². The molecule has 6 nitrogen and oxygen atoms in total. The van der Waals surface area contributed by atoms with Crippen molar-refractivity contribution in [2.45, 2.75) is 12.8 Å². The Hall–Kier alpha value is -3.25. The molecule has 0 aliphatic carbocycles. The molecule has 5 rings (SSSR count). The summed E-state index contributed by atoms with van der Waals surface area (Å²) in [6.45, 7) is 3.96. The van der Waals surface area contributed by atoms with Crippen molar-refractivity contribution in [1.82, 2.24) is 25.3 Å². The number of aromatic nitrogens is 4. The Kier molecular flexibility index (Phi) is 3.87. The van der Waals surface area contributed by atoms with E-state index in [9.17, 15) is 5.11 Å². The molecule has 0 saturated carbocycles. The van der Waals surface area contributed by atoms with Crippen LogP contribution in [0.4, 0.5) is 0 Å². The Morgan fingerprint density at radius 2 is 1.89 bits per heavy atom. The molecular formula is C22H21N5O.